The van der Waals surface area contributed by atoms with Crippen molar-refractivity contribution >= 4 is 0 Å². The van der Waals surface area contributed by atoms with Gasteiger partial charge in [-0.1, -0.05) is 46.8 Å². The monoisotopic (exact) mass is 261 g/mol. The van der Waals surface area contributed by atoms with Crippen LogP contribution in [-0.2, 0) is 5.41 Å². The molecule has 0 aromatic heterocycles. The molecule has 2 unspecified atom stereocenters. The van der Waals surface area contributed by atoms with E-state index in [0.29, 0.717) is 6.04 Å². The van der Waals surface area contributed by atoms with Gasteiger partial charge in [0.05, 0.1) is 6.04 Å². The summed E-state index contributed by atoms with van der Waals surface area (Å²) in [4.78, 5) is 0. The Hall–Kier alpha value is -1.02. The van der Waals surface area contributed by atoms with Gasteiger partial charge in [0.15, 0.2) is 0 Å². The Morgan fingerprint density at radius 2 is 1.89 bits per heavy atom. The first-order chi connectivity index (χ1) is 8.90. The molecule has 1 aliphatic heterocycles. The molecule has 2 nitrogen and oxygen atoms in total. The van der Waals surface area contributed by atoms with E-state index in [-0.39, 0.29) is 11.5 Å². The molecule has 0 aliphatic carbocycles. The lowest BCUT2D eigenvalue weighted by Gasteiger charge is -2.23. The highest BCUT2D eigenvalue weighted by atomic mass is 16.5. The smallest absolute Gasteiger partial charge is 0.128 e. The molecule has 1 aliphatic rings. The molecule has 1 aromatic rings. The minimum atomic E-state index is 0.122. The van der Waals surface area contributed by atoms with E-state index in [9.17, 15) is 0 Å². The van der Waals surface area contributed by atoms with E-state index in [1.54, 1.807) is 0 Å². The van der Waals surface area contributed by atoms with E-state index in [4.69, 9.17) is 4.74 Å². The Bertz CT molecular complexity index is 459. The first-order valence-electron chi connectivity index (χ1n) is 7.44. The highest BCUT2D eigenvalue weighted by molar-refractivity contribution is 5.53. The Kier molecular flexibility index (Phi) is 3.91. The fourth-order valence-electron chi connectivity index (χ4n) is 2.98. The SMILES string of the molecule is CCNC1c2c(C)ccc(C(C)(C)C)c2OC1CC. The van der Waals surface area contributed by atoms with Crippen LogP contribution in [0.2, 0.25) is 0 Å². The second-order valence-corrected chi connectivity index (χ2v) is 6.52. The minimum absolute atomic E-state index is 0.122. The number of hydrogen-bond acceptors (Lipinski definition) is 2. The molecule has 1 N–H and O–H groups in total. The van der Waals surface area contributed by atoms with Gasteiger partial charge >= 0.3 is 0 Å². The molecule has 2 rings (SSSR count). The highest BCUT2D eigenvalue weighted by Crippen LogP contribution is 2.45. The van der Waals surface area contributed by atoms with E-state index in [0.717, 1.165) is 18.7 Å². The van der Waals surface area contributed by atoms with Crippen molar-refractivity contribution in [3.63, 3.8) is 0 Å². The third-order valence-electron chi connectivity index (χ3n) is 4.00. The Morgan fingerprint density at radius 3 is 2.42 bits per heavy atom. The third kappa shape index (κ3) is 2.51. The van der Waals surface area contributed by atoms with Crippen LogP contribution in [0.4, 0.5) is 0 Å². The molecule has 19 heavy (non-hydrogen) atoms. The number of rotatable bonds is 3. The zero-order valence-corrected chi connectivity index (χ0v) is 13.1. The average molecular weight is 261 g/mol. The summed E-state index contributed by atoms with van der Waals surface area (Å²) in [5.74, 6) is 1.13. The summed E-state index contributed by atoms with van der Waals surface area (Å²) in [7, 11) is 0. The summed E-state index contributed by atoms with van der Waals surface area (Å²) >= 11 is 0. The van der Waals surface area contributed by atoms with Crippen molar-refractivity contribution in [3.8, 4) is 5.75 Å². The van der Waals surface area contributed by atoms with Gasteiger partial charge in [-0.3, -0.25) is 0 Å². The van der Waals surface area contributed by atoms with Crippen LogP contribution in [0.25, 0.3) is 0 Å². The van der Waals surface area contributed by atoms with Crippen molar-refractivity contribution in [2.24, 2.45) is 0 Å². The molecular weight excluding hydrogens is 234 g/mol. The molecular formula is C17H27NO. The van der Waals surface area contributed by atoms with Crippen LogP contribution in [0.15, 0.2) is 12.1 Å². The number of ether oxygens (including phenoxy) is 1. The Labute approximate surface area is 117 Å². The molecule has 106 valence electrons. The molecule has 0 saturated carbocycles. The highest BCUT2D eigenvalue weighted by Gasteiger charge is 2.37. The molecule has 2 atom stereocenters. The number of likely N-dealkylation sites (N-methyl/N-ethyl adjacent to an activating group) is 1. The second kappa shape index (κ2) is 5.16. The van der Waals surface area contributed by atoms with Gasteiger partial charge in [-0.2, -0.15) is 0 Å². The molecule has 2 heteroatoms. The van der Waals surface area contributed by atoms with Crippen LogP contribution in [0.1, 0.15) is 63.8 Å². The van der Waals surface area contributed by atoms with E-state index in [1.165, 1.54) is 16.7 Å². The summed E-state index contributed by atoms with van der Waals surface area (Å²) in [6.45, 7) is 14.3. The molecule has 0 spiro atoms. The van der Waals surface area contributed by atoms with Crippen LogP contribution in [0, 0.1) is 6.92 Å². The van der Waals surface area contributed by atoms with E-state index in [1.807, 2.05) is 0 Å². The first kappa shape index (κ1) is 14.4. The number of aryl methyl sites for hydroxylation is 1. The van der Waals surface area contributed by atoms with Gasteiger partial charge in [-0.15, -0.1) is 0 Å². The molecule has 0 amide bonds. The lowest BCUT2D eigenvalue weighted by atomic mass is 9.83. The molecule has 1 heterocycles. The molecule has 0 fully saturated rings. The summed E-state index contributed by atoms with van der Waals surface area (Å²) < 4.78 is 6.30. The fraction of sp³-hybridized carbons (Fsp3) is 0.647. The molecule has 0 bridgehead atoms. The van der Waals surface area contributed by atoms with Gasteiger partial charge in [0.2, 0.25) is 0 Å². The fourth-order valence-corrected chi connectivity index (χ4v) is 2.98. The predicted molar refractivity (Wildman–Crippen MR) is 81.0 cm³/mol. The van der Waals surface area contributed by atoms with Gasteiger partial charge in [-0.25, -0.2) is 0 Å². The summed E-state index contributed by atoms with van der Waals surface area (Å²) in [5.41, 5.74) is 4.16. The lowest BCUT2D eigenvalue weighted by Crippen LogP contribution is -2.30. The van der Waals surface area contributed by atoms with Crippen LogP contribution in [0.5, 0.6) is 5.75 Å². The van der Waals surface area contributed by atoms with Crippen LogP contribution >= 0.6 is 0 Å². The zero-order chi connectivity index (χ0) is 14.2. The van der Waals surface area contributed by atoms with Crippen molar-refractivity contribution in [1.29, 1.82) is 0 Å². The molecule has 0 saturated heterocycles. The quantitative estimate of drug-likeness (QED) is 0.884. The number of nitrogens with one attached hydrogen (secondary N) is 1. The largest absolute Gasteiger partial charge is 0.488 e. The average Bonchev–Trinajstić information content (AvgIpc) is 2.68. The van der Waals surface area contributed by atoms with Gasteiger partial charge in [0.1, 0.15) is 11.9 Å². The van der Waals surface area contributed by atoms with Gasteiger partial charge in [0.25, 0.3) is 0 Å². The third-order valence-corrected chi connectivity index (χ3v) is 4.00. The van der Waals surface area contributed by atoms with Crippen LogP contribution in [-0.4, -0.2) is 12.6 Å². The number of fused-ring (bicyclic) bond motifs is 1. The van der Waals surface area contributed by atoms with E-state index >= 15 is 0 Å². The van der Waals surface area contributed by atoms with Crippen molar-refractivity contribution in [3.05, 3.63) is 28.8 Å². The van der Waals surface area contributed by atoms with Crippen molar-refractivity contribution in [2.75, 3.05) is 6.54 Å². The normalized spacial score (nSPS) is 22.2. The number of benzene rings is 1. The number of hydrogen-bond donors (Lipinski definition) is 1. The lowest BCUT2D eigenvalue weighted by molar-refractivity contribution is 0.183. The maximum atomic E-state index is 6.30. The van der Waals surface area contributed by atoms with Crippen LogP contribution < -0.4 is 10.1 Å². The maximum Gasteiger partial charge on any atom is 0.128 e. The minimum Gasteiger partial charge on any atom is -0.488 e. The maximum absolute atomic E-state index is 6.30. The zero-order valence-electron chi connectivity index (χ0n) is 13.1. The second-order valence-electron chi connectivity index (χ2n) is 6.52. The standard InChI is InChI=1S/C17H27NO/c1-7-13-15(18-8-2)14-11(3)9-10-12(16(14)19-13)17(4,5)6/h9-10,13,15,18H,7-8H2,1-6H3. The van der Waals surface area contributed by atoms with Gasteiger partial charge in [-0.05, 0) is 36.4 Å². The molecule has 1 aromatic carbocycles. The van der Waals surface area contributed by atoms with Gasteiger partial charge < -0.3 is 10.1 Å². The summed E-state index contributed by atoms with van der Waals surface area (Å²) in [6.07, 6.45) is 1.30. The van der Waals surface area contributed by atoms with Crippen molar-refractivity contribution in [2.45, 2.75) is 65.5 Å². The first-order valence-corrected chi connectivity index (χ1v) is 7.44. The van der Waals surface area contributed by atoms with Crippen molar-refractivity contribution < 1.29 is 4.74 Å². The Balaban J connectivity index is 2.55. The van der Waals surface area contributed by atoms with Gasteiger partial charge in [0, 0.05) is 5.56 Å². The predicted octanol–water partition coefficient (Wildman–Crippen LogP) is 4.11. The van der Waals surface area contributed by atoms with E-state index < -0.39 is 0 Å². The van der Waals surface area contributed by atoms with E-state index in [2.05, 4.69) is 59.0 Å². The van der Waals surface area contributed by atoms with Crippen LogP contribution in [0.3, 0.4) is 0 Å². The van der Waals surface area contributed by atoms with Crippen molar-refractivity contribution in [1.82, 2.24) is 5.32 Å². The summed E-state index contributed by atoms with van der Waals surface area (Å²) in [5, 5.41) is 3.60. The summed E-state index contributed by atoms with van der Waals surface area (Å²) in [6, 6.07) is 4.81. The topological polar surface area (TPSA) is 21.3 Å². The Morgan fingerprint density at radius 1 is 1.21 bits per heavy atom. The molecule has 0 radical (unpaired) electrons.